The summed E-state index contributed by atoms with van der Waals surface area (Å²) in [5, 5.41) is 4.29. The lowest BCUT2D eigenvalue weighted by Crippen LogP contribution is -2.03. The highest BCUT2D eigenvalue weighted by Crippen LogP contribution is 2.24. The van der Waals surface area contributed by atoms with Crippen LogP contribution in [0, 0.1) is 0 Å². The van der Waals surface area contributed by atoms with Gasteiger partial charge in [0.05, 0.1) is 5.69 Å². The van der Waals surface area contributed by atoms with E-state index in [2.05, 4.69) is 21.0 Å². The molecule has 14 heavy (non-hydrogen) atoms. The summed E-state index contributed by atoms with van der Waals surface area (Å²) < 4.78 is 7.84. The fourth-order valence-electron chi connectivity index (χ4n) is 1.27. The first kappa shape index (κ1) is 9.48. The van der Waals surface area contributed by atoms with Crippen LogP contribution in [-0.2, 0) is 13.6 Å². The maximum atomic E-state index is 5.55. The Kier molecular flexibility index (Phi) is 2.43. The van der Waals surface area contributed by atoms with E-state index < -0.39 is 0 Å². The van der Waals surface area contributed by atoms with Gasteiger partial charge in [0.1, 0.15) is 5.69 Å². The number of furan rings is 1. The van der Waals surface area contributed by atoms with Gasteiger partial charge in [0.2, 0.25) is 0 Å². The Hall–Kier alpha value is -1.07. The highest BCUT2D eigenvalue weighted by atomic mass is 79.9. The van der Waals surface area contributed by atoms with Crippen molar-refractivity contribution in [3.8, 4) is 11.5 Å². The highest BCUT2D eigenvalue weighted by Gasteiger charge is 2.09. The lowest BCUT2D eigenvalue weighted by Gasteiger charge is -1.93. The smallest absolute Gasteiger partial charge is 0.169 e. The first-order valence-electron chi connectivity index (χ1n) is 4.19. The van der Waals surface area contributed by atoms with Crippen LogP contribution < -0.4 is 5.73 Å². The van der Waals surface area contributed by atoms with Gasteiger partial charge in [-0.3, -0.25) is 4.68 Å². The van der Waals surface area contributed by atoms with Crippen LogP contribution >= 0.6 is 15.9 Å². The van der Waals surface area contributed by atoms with E-state index in [1.54, 1.807) is 4.68 Å². The second-order valence-electron chi connectivity index (χ2n) is 2.95. The van der Waals surface area contributed by atoms with Crippen molar-refractivity contribution < 1.29 is 4.42 Å². The molecule has 0 unspecified atom stereocenters. The summed E-state index contributed by atoms with van der Waals surface area (Å²) in [6, 6.07) is 5.63. The van der Waals surface area contributed by atoms with Crippen LogP contribution in [0.2, 0.25) is 0 Å². The Labute approximate surface area is 89.8 Å². The normalized spacial score (nSPS) is 10.8. The Morgan fingerprint density at radius 1 is 1.57 bits per heavy atom. The molecular weight excluding hydrogens is 246 g/mol. The first-order chi connectivity index (χ1) is 6.70. The molecule has 0 aliphatic heterocycles. The van der Waals surface area contributed by atoms with E-state index in [0.717, 1.165) is 17.1 Å². The van der Waals surface area contributed by atoms with Crippen molar-refractivity contribution in [2.24, 2.45) is 12.8 Å². The molecule has 0 saturated carbocycles. The molecule has 74 valence electrons. The Balaban J connectivity index is 2.42. The summed E-state index contributed by atoms with van der Waals surface area (Å²) in [7, 11) is 1.86. The second-order valence-corrected chi connectivity index (χ2v) is 3.73. The van der Waals surface area contributed by atoms with Crippen LogP contribution in [0.4, 0.5) is 0 Å². The quantitative estimate of drug-likeness (QED) is 0.892. The minimum absolute atomic E-state index is 0.478. The van der Waals surface area contributed by atoms with Gasteiger partial charge in [-0.25, -0.2) is 0 Å². The number of nitrogens with zero attached hydrogens (tertiary/aromatic N) is 2. The molecule has 0 amide bonds. The van der Waals surface area contributed by atoms with Crippen LogP contribution in [0.5, 0.6) is 0 Å². The average Bonchev–Trinajstić information content (AvgIpc) is 2.71. The summed E-state index contributed by atoms with van der Waals surface area (Å²) in [4.78, 5) is 0. The number of hydrogen-bond donors (Lipinski definition) is 1. The molecule has 0 atom stereocenters. The molecule has 0 aliphatic rings. The van der Waals surface area contributed by atoms with Gasteiger partial charge in [0.25, 0.3) is 0 Å². The molecule has 0 aliphatic carbocycles. The van der Waals surface area contributed by atoms with E-state index in [4.69, 9.17) is 10.2 Å². The van der Waals surface area contributed by atoms with Crippen molar-refractivity contribution in [1.29, 1.82) is 0 Å². The molecule has 2 aromatic heterocycles. The van der Waals surface area contributed by atoms with Crippen molar-refractivity contribution >= 4 is 15.9 Å². The summed E-state index contributed by atoms with van der Waals surface area (Å²) in [6.45, 7) is 0.478. The molecule has 2 N–H and O–H groups in total. The average molecular weight is 256 g/mol. The number of nitrogens with two attached hydrogens (primary N) is 1. The van der Waals surface area contributed by atoms with Crippen LogP contribution in [0.15, 0.2) is 27.3 Å². The van der Waals surface area contributed by atoms with Crippen LogP contribution in [-0.4, -0.2) is 9.78 Å². The van der Waals surface area contributed by atoms with E-state index in [0.29, 0.717) is 11.2 Å². The van der Waals surface area contributed by atoms with Crippen molar-refractivity contribution in [1.82, 2.24) is 9.78 Å². The first-order valence-corrected chi connectivity index (χ1v) is 4.98. The zero-order valence-electron chi connectivity index (χ0n) is 7.70. The zero-order valence-corrected chi connectivity index (χ0v) is 9.28. The number of halogens is 1. The topological polar surface area (TPSA) is 57.0 Å². The molecule has 0 saturated heterocycles. The minimum Gasteiger partial charge on any atom is -0.448 e. The van der Waals surface area contributed by atoms with Gasteiger partial charge < -0.3 is 10.2 Å². The molecule has 0 spiro atoms. The predicted molar refractivity (Wildman–Crippen MR) is 56.5 cm³/mol. The van der Waals surface area contributed by atoms with Crippen molar-refractivity contribution in [3.63, 3.8) is 0 Å². The van der Waals surface area contributed by atoms with E-state index in [9.17, 15) is 0 Å². The van der Waals surface area contributed by atoms with Gasteiger partial charge in [-0.1, -0.05) is 0 Å². The minimum atomic E-state index is 0.478. The van der Waals surface area contributed by atoms with Gasteiger partial charge in [0.15, 0.2) is 10.4 Å². The molecule has 0 fully saturated rings. The van der Waals surface area contributed by atoms with Crippen molar-refractivity contribution in [3.05, 3.63) is 28.6 Å². The predicted octanol–water partition coefficient (Wildman–Crippen LogP) is 1.90. The molecule has 2 aromatic rings. The Morgan fingerprint density at radius 3 is 2.86 bits per heavy atom. The van der Waals surface area contributed by atoms with Crippen LogP contribution in [0.1, 0.15) is 5.69 Å². The third kappa shape index (κ3) is 1.60. The molecular formula is C9H10BrN3O. The summed E-state index contributed by atoms with van der Waals surface area (Å²) >= 11 is 3.25. The molecule has 5 heteroatoms. The van der Waals surface area contributed by atoms with Gasteiger partial charge in [0, 0.05) is 13.6 Å². The van der Waals surface area contributed by atoms with Crippen LogP contribution in [0.25, 0.3) is 11.5 Å². The monoisotopic (exact) mass is 255 g/mol. The fourth-order valence-corrected chi connectivity index (χ4v) is 1.58. The summed E-state index contributed by atoms with van der Waals surface area (Å²) in [6.07, 6.45) is 0. The SMILES string of the molecule is Cn1nc(-c2ccc(Br)o2)cc1CN. The Morgan fingerprint density at radius 2 is 2.36 bits per heavy atom. The van der Waals surface area contributed by atoms with Crippen molar-refractivity contribution in [2.75, 3.05) is 0 Å². The molecule has 0 radical (unpaired) electrons. The third-order valence-electron chi connectivity index (χ3n) is 2.01. The molecule has 4 nitrogen and oxygen atoms in total. The van der Waals surface area contributed by atoms with Gasteiger partial charge in [-0.15, -0.1) is 0 Å². The number of rotatable bonds is 2. The lowest BCUT2D eigenvalue weighted by molar-refractivity contribution is 0.552. The molecule has 2 rings (SSSR count). The summed E-state index contributed by atoms with van der Waals surface area (Å²) in [5.74, 6) is 0.743. The number of aryl methyl sites for hydroxylation is 1. The number of hydrogen-bond acceptors (Lipinski definition) is 3. The lowest BCUT2D eigenvalue weighted by atomic mass is 10.3. The standard InChI is InChI=1S/C9H10BrN3O/c1-13-6(5-11)4-7(12-13)8-2-3-9(10)14-8/h2-4H,5,11H2,1H3. The van der Waals surface area contributed by atoms with E-state index >= 15 is 0 Å². The van der Waals surface area contributed by atoms with Gasteiger partial charge in [-0.2, -0.15) is 5.10 Å². The van der Waals surface area contributed by atoms with Crippen LogP contribution in [0.3, 0.4) is 0 Å². The summed E-state index contributed by atoms with van der Waals surface area (Å²) in [5.41, 5.74) is 7.33. The maximum absolute atomic E-state index is 5.55. The third-order valence-corrected chi connectivity index (χ3v) is 2.44. The van der Waals surface area contributed by atoms with E-state index in [1.807, 2.05) is 25.2 Å². The molecule has 2 heterocycles. The molecule has 0 aromatic carbocycles. The number of aromatic nitrogens is 2. The Bertz CT molecular complexity index is 447. The largest absolute Gasteiger partial charge is 0.448 e. The maximum Gasteiger partial charge on any atom is 0.169 e. The van der Waals surface area contributed by atoms with E-state index in [1.165, 1.54) is 0 Å². The molecule has 0 bridgehead atoms. The van der Waals surface area contributed by atoms with E-state index in [-0.39, 0.29) is 0 Å². The van der Waals surface area contributed by atoms with Gasteiger partial charge >= 0.3 is 0 Å². The highest BCUT2D eigenvalue weighted by molar-refractivity contribution is 9.10. The second kappa shape index (κ2) is 3.59. The zero-order chi connectivity index (χ0) is 10.1. The fraction of sp³-hybridized carbons (Fsp3) is 0.222. The van der Waals surface area contributed by atoms with Crippen molar-refractivity contribution in [2.45, 2.75) is 6.54 Å². The van der Waals surface area contributed by atoms with Gasteiger partial charge in [-0.05, 0) is 34.1 Å².